The third-order valence-corrected chi connectivity index (χ3v) is 3.88. The molecule has 0 saturated carbocycles. The molecule has 0 aliphatic carbocycles. The standard InChI is InChI=1S/C17H21BrN2O4/c1-10(22)20-8-13(12-6-5-11(18)7-15(12)20)14(9-21)19-16(23)24-17(2,3)4/h5-8,14,21H,9H2,1-4H3,(H,19,23)/t14-/m1/s1. The van der Waals surface area contributed by atoms with E-state index < -0.39 is 17.7 Å². The van der Waals surface area contributed by atoms with Crippen LogP contribution in [0.3, 0.4) is 0 Å². The first-order valence-corrected chi connectivity index (χ1v) is 8.33. The number of aliphatic hydroxyl groups is 1. The van der Waals surface area contributed by atoms with Crippen molar-refractivity contribution in [1.82, 2.24) is 9.88 Å². The maximum absolute atomic E-state index is 12.0. The Morgan fingerprint density at radius 1 is 1.38 bits per heavy atom. The Bertz CT molecular complexity index is 777. The SMILES string of the molecule is CC(=O)n1cc([C@@H](CO)NC(=O)OC(C)(C)C)c2ccc(Br)cc21. The summed E-state index contributed by atoms with van der Waals surface area (Å²) >= 11 is 3.39. The van der Waals surface area contributed by atoms with Crippen molar-refractivity contribution < 1.29 is 19.4 Å². The smallest absolute Gasteiger partial charge is 0.408 e. The predicted molar refractivity (Wildman–Crippen MR) is 95.1 cm³/mol. The van der Waals surface area contributed by atoms with Crippen LogP contribution in [0.4, 0.5) is 4.79 Å². The highest BCUT2D eigenvalue weighted by Gasteiger charge is 2.23. The second-order valence-corrected chi connectivity index (χ2v) is 7.43. The summed E-state index contributed by atoms with van der Waals surface area (Å²) in [6.07, 6.45) is 1.01. The Labute approximate surface area is 148 Å². The minimum atomic E-state index is -0.677. The zero-order chi connectivity index (χ0) is 18.1. The number of nitrogens with one attached hydrogen (secondary N) is 1. The molecule has 1 amide bonds. The fourth-order valence-electron chi connectivity index (χ4n) is 2.44. The molecule has 1 aromatic heterocycles. The maximum Gasteiger partial charge on any atom is 0.408 e. The van der Waals surface area contributed by atoms with Crippen LogP contribution in [0.1, 0.15) is 44.1 Å². The first kappa shape index (κ1) is 18.5. The normalized spacial score (nSPS) is 12.9. The molecule has 130 valence electrons. The molecule has 0 spiro atoms. The molecule has 1 aromatic carbocycles. The Kier molecular flexibility index (Phi) is 5.35. The van der Waals surface area contributed by atoms with Crippen LogP contribution in [0.5, 0.6) is 0 Å². The van der Waals surface area contributed by atoms with Crippen molar-refractivity contribution in [3.05, 3.63) is 34.4 Å². The summed E-state index contributed by atoms with van der Waals surface area (Å²) in [6, 6.07) is 4.83. The molecule has 0 aliphatic rings. The van der Waals surface area contributed by atoms with Crippen LogP contribution < -0.4 is 5.32 Å². The number of carbonyl (C=O) groups excluding carboxylic acids is 2. The minimum Gasteiger partial charge on any atom is -0.444 e. The van der Waals surface area contributed by atoms with Crippen LogP contribution in [-0.4, -0.2) is 33.9 Å². The predicted octanol–water partition coefficient (Wildman–Crippen LogP) is 3.62. The second-order valence-electron chi connectivity index (χ2n) is 6.52. The summed E-state index contributed by atoms with van der Waals surface area (Å²) in [5.74, 6) is -0.154. The number of nitrogens with zero attached hydrogens (tertiary/aromatic N) is 1. The van der Waals surface area contributed by atoms with Crippen LogP contribution in [0.25, 0.3) is 10.9 Å². The number of amides is 1. The lowest BCUT2D eigenvalue weighted by molar-refractivity contribution is 0.0482. The van der Waals surface area contributed by atoms with Crippen molar-refractivity contribution in [2.75, 3.05) is 6.61 Å². The summed E-state index contributed by atoms with van der Waals surface area (Å²) in [7, 11) is 0. The number of rotatable bonds is 3. The Morgan fingerprint density at radius 3 is 2.58 bits per heavy atom. The molecular weight excluding hydrogens is 376 g/mol. The van der Waals surface area contributed by atoms with Gasteiger partial charge in [-0.25, -0.2) is 4.79 Å². The molecule has 0 aliphatic heterocycles. The number of aliphatic hydroxyl groups excluding tert-OH is 1. The van der Waals surface area contributed by atoms with Gasteiger partial charge in [-0.05, 0) is 32.9 Å². The molecule has 24 heavy (non-hydrogen) atoms. The van der Waals surface area contributed by atoms with Gasteiger partial charge in [0.25, 0.3) is 0 Å². The number of benzene rings is 1. The molecule has 7 heteroatoms. The van der Waals surface area contributed by atoms with Crippen molar-refractivity contribution in [2.24, 2.45) is 0 Å². The number of halogens is 1. The van der Waals surface area contributed by atoms with Crippen LogP contribution in [0.2, 0.25) is 0 Å². The van der Waals surface area contributed by atoms with Gasteiger partial charge in [-0.2, -0.15) is 0 Å². The summed E-state index contributed by atoms with van der Waals surface area (Å²) in [4.78, 5) is 23.9. The van der Waals surface area contributed by atoms with E-state index in [9.17, 15) is 14.7 Å². The summed E-state index contributed by atoms with van der Waals surface area (Å²) < 4.78 is 7.57. The van der Waals surface area contributed by atoms with Crippen molar-refractivity contribution in [3.8, 4) is 0 Å². The van der Waals surface area contributed by atoms with Crippen molar-refractivity contribution >= 4 is 38.8 Å². The Balaban J connectivity index is 2.42. The molecule has 2 N–H and O–H groups in total. The molecule has 0 radical (unpaired) electrons. The lowest BCUT2D eigenvalue weighted by Crippen LogP contribution is -2.36. The maximum atomic E-state index is 12.0. The first-order chi connectivity index (χ1) is 11.1. The van der Waals surface area contributed by atoms with Gasteiger partial charge in [0, 0.05) is 28.5 Å². The minimum absolute atomic E-state index is 0.154. The molecule has 1 heterocycles. The molecule has 6 nitrogen and oxygen atoms in total. The molecule has 1 atom stereocenters. The Morgan fingerprint density at radius 2 is 2.04 bits per heavy atom. The number of fused-ring (bicyclic) bond motifs is 1. The van der Waals surface area contributed by atoms with Crippen LogP contribution in [0, 0.1) is 0 Å². The summed E-state index contributed by atoms with van der Waals surface area (Å²) in [5, 5.41) is 13.1. The highest BCUT2D eigenvalue weighted by Crippen LogP contribution is 2.29. The third kappa shape index (κ3) is 4.15. The first-order valence-electron chi connectivity index (χ1n) is 7.54. The molecule has 0 fully saturated rings. The van der Waals surface area contributed by atoms with E-state index in [2.05, 4.69) is 21.2 Å². The quantitative estimate of drug-likeness (QED) is 0.829. The van der Waals surface area contributed by atoms with Gasteiger partial charge in [-0.3, -0.25) is 9.36 Å². The molecule has 0 saturated heterocycles. The molecule has 0 bridgehead atoms. The summed E-state index contributed by atoms with van der Waals surface area (Å²) in [6.45, 7) is 6.44. The van der Waals surface area contributed by atoms with E-state index in [1.807, 2.05) is 18.2 Å². The summed E-state index contributed by atoms with van der Waals surface area (Å²) in [5.41, 5.74) is 0.722. The second kappa shape index (κ2) is 6.94. The van der Waals surface area contributed by atoms with Crippen LogP contribution in [-0.2, 0) is 4.74 Å². The van der Waals surface area contributed by atoms with E-state index in [-0.39, 0.29) is 12.5 Å². The van der Waals surface area contributed by atoms with Crippen molar-refractivity contribution in [1.29, 1.82) is 0 Å². The van der Waals surface area contributed by atoms with Gasteiger partial charge in [0.05, 0.1) is 18.2 Å². The number of aromatic nitrogens is 1. The fraction of sp³-hybridized carbons (Fsp3) is 0.412. The van der Waals surface area contributed by atoms with Crippen LogP contribution in [0.15, 0.2) is 28.9 Å². The van der Waals surface area contributed by atoms with Crippen molar-refractivity contribution in [3.63, 3.8) is 0 Å². The molecule has 2 aromatic rings. The van der Waals surface area contributed by atoms with Gasteiger partial charge in [0.2, 0.25) is 5.91 Å². The third-order valence-electron chi connectivity index (χ3n) is 3.39. The zero-order valence-corrected chi connectivity index (χ0v) is 15.7. The fourth-order valence-corrected chi connectivity index (χ4v) is 2.79. The number of ether oxygens (including phenoxy) is 1. The van der Waals surface area contributed by atoms with E-state index in [0.29, 0.717) is 11.1 Å². The van der Waals surface area contributed by atoms with E-state index in [1.165, 1.54) is 11.5 Å². The highest BCUT2D eigenvalue weighted by molar-refractivity contribution is 9.10. The van der Waals surface area contributed by atoms with Gasteiger partial charge < -0.3 is 15.2 Å². The lowest BCUT2D eigenvalue weighted by atomic mass is 10.1. The molecular formula is C17H21BrN2O4. The number of alkyl carbamates (subject to hydrolysis) is 1. The van der Waals surface area contributed by atoms with Gasteiger partial charge in [0.15, 0.2) is 0 Å². The molecule has 0 unspecified atom stereocenters. The van der Waals surface area contributed by atoms with E-state index in [1.54, 1.807) is 27.0 Å². The topological polar surface area (TPSA) is 80.6 Å². The highest BCUT2D eigenvalue weighted by atomic mass is 79.9. The van der Waals surface area contributed by atoms with Gasteiger partial charge >= 0.3 is 6.09 Å². The average molecular weight is 397 g/mol. The number of hydrogen-bond donors (Lipinski definition) is 2. The van der Waals surface area contributed by atoms with Gasteiger partial charge in [-0.15, -0.1) is 0 Å². The average Bonchev–Trinajstić information content (AvgIpc) is 2.81. The van der Waals surface area contributed by atoms with E-state index in [4.69, 9.17) is 4.74 Å². The van der Waals surface area contributed by atoms with Gasteiger partial charge in [0.1, 0.15) is 5.60 Å². The number of carbonyl (C=O) groups is 2. The van der Waals surface area contributed by atoms with Crippen LogP contribution >= 0.6 is 15.9 Å². The van der Waals surface area contributed by atoms with E-state index in [0.717, 1.165) is 9.86 Å². The largest absolute Gasteiger partial charge is 0.444 e. The monoisotopic (exact) mass is 396 g/mol. The van der Waals surface area contributed by atoms with E-state index >= 15 is 0 Å². The molecule has 2 rings (SSSR count). The number of hydrogen-bond acceptors (Lipinski definition) is 4. The van der Waals surface area contributed by atoms with Crippen molar-refractivity contribution in [2.45, 2.75) is 39.3 Å². The Hall–Kier alpha value is -1.86. The zero-order valence-electron chi connectivity index (χ0n) is 14.1. The van der Waals surface area contributed by atoms with Gasteiger partial charge in [-0.1, -0.05) is 22.0 Å². The lowest BCUT2D eigenvalue weighted by Gasteiger charge is -2.22.